The predicted molar refractivity (Wildman–Crippen MR) is 99.9 cm³/mol. The van der Waals surface area contributed by atoms with Gasteiger partial charge in [0.1, 0.15) is 0 Å². The topological polar surface area (TPSA) is 63.8 Å². The van der Waals surface area contributed by atoms with E-state index in [-0.39, 0.29) is 0 Å². The van der Waals surface area contributed by atoms with Gasteiger partial charge in [-0.05, 0) is 19.4 Å². The quantitative estimate of drug-likeness (QED) is 0.751. The van der Waals surface area contributed by atoms with Crippen molar-refractivity contribution in [3.8, 4) is 22.6 Å². The highest BCUT2D eigenvalue weighted by molar-refractivity contribution is 5.77. The Morgan fingerprint density at radius 1 is 1.00 bits per heavy atom. The summed E-state index contributed by atoms with van der Waals surface area (Å²) < 4.78 is 0. The van der Waals surface area contributed by atoms with Gasteiger partial charge in [0.25, 0.3) is 0 Å². The van der Waals surface area contributed by atoms with Gasteiger partial charge < -0.3 is 11.1 Å². The summed E-state index contributed by atoms with van der Waals surface area (Å²) in [6, 6.07) is 16.5. The van der Waals surface area contributed by atoms with E-state index in [0.717, 1.165) is 28.3 Å². The van der Waals surface area contributed by atoms with Crippen molar-refractivity contribution in [3.63, 3.8) is 0 Å². The van der Waals surface area contributed by atoms with Gasteiger partial charge in [0.2, 0.25) is 0 Å². The summed E-state index contributed by atoms with van der Waals surface area (Å²) in [5, 5.41) is 3.33. The van der Waals surface area contributed by atoms with Crippen LogP contribution in [0.5, 0.6) is 0 Å². The average molecular weight is 318 g/mol. The largest absolute Gasteiger partial charge is 0.381 e. The highest BCUT2D eigenvalue weighted by atomic mass is 15.0. The molecule has 0 fully saturated rings. The molecular weight excluding hydrogens is 296 g/mol. The zero-order valence-corrected chi connectivity index (χ0v) is 14.1. The zero-order chi connectivity index (χ0) is 16.9. The number of benzene rings is 2. The van der Waals surface area contributed by atoms with Crippen molar-refractivity contribution in [2.75, 3.05) is 18.4 Å². The number of aryl methyl sites for hydroxylation is 2. The molecule has 0 radical (unpaired) electrons. The van der Waals surface area contributed by atoms with Crippen molar-refractivity contribution in [2.45, 2.75) is 13.8 Å². The zero-order valence-electron chi connectivity index (χ0n) is 14.1. The first-order chi connectivity index (χ1) is 11.7. The highest BCUT2D eigenvalue weighted by Gasteiger charge is 2.12. The van der Waals surface area contributed by atoms with Gasteiger partial charge in [-0.3, -0.25) is 0 Å². The summed E-state index contributed by atoms with van der Waals surface area (Å²) in [6.07, 6.45) is 1.85. The Bertz CT molecular complexity index is 825. The molecule has 0 aliphatic carbocycles. The van der Waals surface area contributed by atoms with Gasteiger partial charge in [0.15, 0.2) is 5.82 Å². The van der Waals surface area contributed by atoms with Gasteiger partial charge in [0.05, 0.1) is 17.6 Å². The normalized spacial score (nSPS) is 10.6. The number of nitrogens with two attached hydrogens (primary N) is 1. The number of nitrogens with one attached hydrogen (secondary N) is 1. The Kier molecular flexibility index (Phi) is 4.87. The number of anilines is 1. The molecule has 0 saturated heterocycles. The molecule has 2 aromatic carbocycles. The number of nitrogens with zero attached hydrogens (tertiary/aromatic N) is 2. The van der Waals surface area contributed by atoms with E-state index in [1.807, 2.05) is 18.3 Å². The Morgan fingerprint density at radius 3 is 2.46 bits per heavy atom. The number of rotatable bonds is 5. The third kappa shape index (κ3) is 3.44. The predicted octanol–water partition coefficient (Wildman–Crippen LogP) is 3.80. The van der Waals surface area contributed by atoms with Crippen molar-refractivity contribution in [3.05, 3.63) is 65.9 Å². The van der Waals surface area contributed by atoms with Crippen molar-refractivity contribution >= 4 is 5.69 Å². The molecule has 0 saturated carbocycles. The van der Waals surface area contributed by atoms with E-state index in [0.29, 0.717) is 13.1 Å². The lowest BCUT2D eigenvalue weighted by atomic mass is 10.0. The van der Waals surface area contributed by atoms with Gasteiger partial charge in [0, 0.05) is 24.2 Å². The van der Waals surface area contributed by atoms with Gasteiger partial charge >= 0.3 is 0 Å². The van der Waals surface area contributed by atoms with E-state index in [1.165, 1.54) is 11.1 Å². The first kappa shape index (κ1) is 16.1. The standard InChI is InChI=1S/C20H22N4/c1-14-7-9-16(10-8-14)20-23-13-18(22-12-11-21)19(24-20)17-6-4-3-5-15(17)2/h3-10,13,22H,11-12,21H2,1-2H3. The summed E-state index contributed by atoms with van der Waals surface area (Å²) in [6.45, 7) is 5.41. The average Bonchev–Trinajstić information content (AvgIpc) is 2.61. The van der Waals surface area contributed by atoms with Crippen LogP contribution in [0.25, 0.3) is 22.6 Å². The lowest BCUT2D eigenvalue weighted by molar-refractivity contribution is 1.02. The van der Waals surface area contributed by atoms with E-state index in [4.69, 9.17) is 10.7 Å². The van der Waals surface area contributed by atoms with Crippen LogP contribution >= 0.6 is 0 Å². The molecule has 0 bridgehead atoms. The SMILES string of the molecule is Cc1ccc(-c2ncc(NCCN)c(-c3ccccc3C)n2)cc1. The Hall–Kier alpha value is -2.72. The second kappa shape index (κ2) is 7.23. The molecule has 3 rings (SSSR count). The smallest absolute Gasteiger partial charge is 0.159 e. The van der Waals surface area contributed by atoms with Crippen LogP contribution in [0.1, 0.15) is 11.1 Å². The van der Waals surface area contributed by atoms with E-state index in [9.17, 15) is 0 Å². The van der Waals surface area contributed by atoms with Crippen molar-refractivity contribution < 1.29 is 0 Å². The van der Waals surface area contributed by atoms with Crippen molar-refractivity contribution in [1.29, 1.82) is 0 Å². The summed E-state index contributed by atoms with van der Waals surface area (Å²) in [7, 11) is 0. The molecule has 0 aliphatic heterocycles. The summed E-state index contributed by atoms with van der Waals surface area (Å²) in [4.78, 5) is 9.38. The van der Waals surface area contributed by atoms with E-state index < -0.39 is 0 Å². The minimum Gasteiger partial charge on any atom is -0.381 e. The molecular formula is C20H22N4. The minimum atomic E-state index is 0.562. The van der Waals surface area contributed by atoms with Gasteiger partial charge in [-0.25, -0.2) is 9.97 Å². The minimum absolute atomic E-state index is 0.562. The Balaban J connectivity index is 2.10. The number of aromatic nitrogens is 2. The molecule has 4 heteroatoms. The van der Waals surface area contributed by atoms with Crippen LogP contribution in [0.15, 0.2) is 54.7 Å². The van der Waals surface area contributed by atoms with Crippen LogP contribution in [-0.4, -0.2) is 23.1 Å². The fraction of sp³-hybridized carbons (Fsp3) is 0.200. The first-order valence-corrected chi connectivity index (χ1v) is 8.13. The Morgan fingerprint density at radius 2 is 1.75 bits per heavy atom. The Labute approximate surface area is 142 Å². The number of hydrogen-bond donors (Lipinski definition) is 2. The molecule has 0 atom stereocenters. The van der Waals surface area contributed by atoms with Crippen LogP contribution in [0.3, 0.4) is 0 Å². The molecule has 0 amide bonds. The molecule has 122 valence electrons. The van der Waals surface area contributed by atoms with Crippen molar-refractivity contribution in [1.82, 2.24) is 9.97 Å². The van der Waals surface area contributed by atoms with E-state index in [2.05, 4.69) is 60.5 Å². The molecule has 0 aliphatic rings. The van der Waals surface area contributed by atoms with Crippen LogP contribution in [-0.2, 0) is 0 Å². The maximum Gasteiger partial charge on any atom is 0.159 e. The second-order valence-corrected chi connectivity index (χ2v) is 5.85. The molecule has 4 nitrogen and oxygen atoms in total. The summed E-state index contributed by atoms with van der Waals surface area (Å²) in [5.74, 6) is 0.728. The monoisotopic (exact) mass is 318 g/mol. The lowest BCUT2D eigenvalue weighted by Gasteiger charge is -2.14. The fourth-order valence-electron chi connectivity index (χ4n) is 2.60. The highest BCUT2D eigenvalue weighted by Crippen LogP contribution is 2.30. The third-order valence-corrected chi connectivity index (χ3v) is 3.96. The maximum absolute atomic E-state index is 5.63. The van der Waals surface area contributed by atoms with E-state index in [1.54, 1.807) is 0 Å². The van der Waals surface area contributed by atoms with Crippen LogP contribution < -0.4 is 11.1 Å². The molecule has 3 N–H and O–H groups in total. The number of hydrogen-bond acceptors (Lipinski definition) is 4. The molecule has 24 heavy (non-hydrogen) atoms. The molecule has 0 unspecified atom stereocenters. The maximum atomic E-state index is 5.63. The third-order valence-electron chi connectivity index (χ3n) is 3.96. The molecule has 1 aromatic heterocycles. The lowest BCUT2D eigenvalue weighted by Crippen LogP contribution is -2.14. The van der Waals surface area contributed by atoms with Crippen LogP contribution in [0, 0.1) is 13.8 Å². The van der Waals surface area contributed by atoms with E-state index >= 15 is 0 Å². The molecule has 1 heterocycles. The molecule has 3 aromatic rings. The van der Waals surface area contributed by atoms with Gasteiger partial charge in [-0.1, -0.05) is 54.1 Å². The van der Waals surface area contributed by atoms with Crippen LogP contribution in [0.2, 0.25) is 0 Å². The second-order valence-electron chi connectivity index (χ2n) is 5.85. The van der Waals surface area contributed by atoms with Crippen LogP contribution in [0.4, 0.5) is 5.69 Å². The fourth-order valence-corrected chi connectivity index (χ4v) is 2.60. The van der Waals surface area contributed by atoms with Gasteiger partial charge in [-0.2, -0.15) is 0 Å². The summed E-state index contributed by atoms with van der Waals surface area (Å²) >= 11 is 0. The van der Waals surface area contributed by atoms with Gasteiger partial charge in [-0.15, -0.1) is 0 Å². The van der Waals surface area contributed by atoms with Crippen molar-refractivity contribution in [2.24, 2.45) is 5.73 Å². The summed E-state index contributed by atoms with van der Waals surface area (Å²) in [5.41, 5.74) is 12.0. The first-order valence-electron chi connectivity index (χ1n) is 8.13. The molecule has 0 spiro atoms.